The zero-order valence-corrected chi connectivity index (χ0v) is 8.04. The minimum absolute atomic E-state index is 0.112. The Morgan fingerprint density at radius 2 is 2.31 bits per heavy atom. The first kappa shape index (κ1) is 8.50. The van der Waals surface area contributed by atoms with E-state index in [1.54, 1.807) is 17.3 Å². The summed E-state index contributed by atoms with van der Waals surface area (Å²) in [4.78, 5) is 21.4. The highest BCUT2D eigenvalue weighted by molar-refractivity contribution is 8.00. The summed E-state index contributed by atoms with van der Waals surface area (Å²) in [5, 5.41) is 0.851. The fourth-order valence-corrected chi connectivity index (χ4v) is 2.10. The van der Waals surface area contributed by atoms with Gasteiger partial charge in [0.25, 0.3) is 0 Å². The molecule has 0 saturated heterocycles. The Morgan fingerprint density at radius 3 is 3.08 bits per heavy atom. The largest absolute Gasteiger partial charge is 0.294 e. The molecule has 0 radical (unpaired) electrons. The van der Waals surface area contributed by atoms with Crippen molar-refractivity contribution < 1.29 is 4.79 Å². The van der Waals surface area contributed by atoms with Crippen molar-refractivity contribution in [3.8, 4) is 0 Å². The van der Waals surface area contributed by atoms with Gasteiger partial charge in [0.05, 0.1) is 5.75 Å². The summed E-state index contributed by atoms with van der Waals surface area (Å²) in [6, 6.07) is 0. The van der Waals surface area contributed by atoms with E-state index >= 15 is 0 Å². The maximum Gasteiger partial charge on any atom is 0.238 e. The summed E-state index contributed by atoms with van der Waals surface area (Å²) in [5.41, 5.74) is 0. The average Bonchev–Trinajstić information content (AvgIpc) is 2.18. The highest BCUT2D eigenvalue weighted by Gasteiger charge is 2.24. The van der Waals surface area contributed by atoms with Crippen LogP contribution in [0, 0.1) is 0 Å². The highest BCUT2D eigenvalue weighted by Crippen LogP contribution is 2.30. The molecule has 0 bridgehead atoms. The molecule has 0 aromatic carbocycles. The van der Waals surface area contributed by atoms with Crippen molar-refractivity contribution in [3.05, 3.63) is 12.4 Å². The van der Waals surface area contributed by atoms with Crippen molar-refractivity contribution in [2.24, 2.45) is 0 Å². The number of thioether (sulfide) groups is 1. The fraction of sp³-hybridized carbons (Fsp3) is 0.375. The van der Waals surface area contributed by atoms with Gasteiger partial charge in [-0.05, 0) is 6.92 Å². The number of amides is 1. The summed E-state index contributed by atoms with van der Waals surface area (Å²) in [6.07, 6.45) is 3.26. The van der Waals surface area contributed by atoms with Crippen LogP contribution in [0.25, 0.3) is 0 Å². The molecular formula is C8H9N3OS. The molecule has 2 rings (SSSR count). The molecule has 0 N–H and O–H groups in total. The van der Waals surface area contributed by atoms with E-state index in [4.69, 9.17) is 0 Å². The first-order valence-electron chi connectivity index (χ1n) is 4.07. The second-order valence-corrected chi connectivity index (χ2v) is 3.58. The predicted octanol–water partition coefficient (Wildman–Crippen LogP) is 0.935. The van der Waals surface area contributed by atoms with Crippen LogP contribution in [0.15, 0.2) is 17.4 Å². The summed E-state index contributed by atoms with van der Waals surface area (Å²) >= 11 is 1.45. The summed E-state index contributed by atoms with van der Waals surface area (Å²) in [6.45, 7) is 2.59. The quantitative estimate of drug-likeness (QED) is 0.669. The van der Waals surface area contributed by atoms with E-state index in [-0.39, 0.29) is 5.91 Å². The Balaban J connectivity index is 2.45. The molecule has 1 aliphatic rings. The van der Waals surface area contributed by atoms with Gasteiger partial charge in [0.2, 0.25) is 5.91 Å². The molecule has 0 spiro atoms. The number of carbonyl (C=O) groups is 1. The van der Waals surface area contributed by atoms with Gasteiger partial charge in [0.1, 0.15) is 5.03 Å². The van der Waals surface area contributed by atoms with Gasteiger partial charge in [-0.25, -0.2) is 9.97 Å². The van der Waals surface area contributed by atoms with Gasteiger partial charge in [-0.15, -0.1) is 0 Å². The summed E-state index contributed by atoms with van der Waals surface area (Å²) in [5.74, 6) is 1.28. The fourth-order valence-electron chi connectivity index (χ4n) is 1.26. The monoisotopic (exact) mass is 195 g/mol. The molecular weight excluding hydrogens is 186 g/mol. The maximum absolute atomic E-state index is 11.4. The van der Waals surface area contributed by atoms with Crippen LogP contribution in [0.5, 0.6) is 0 Å². The molecule has 1 aliphatic heterocycles. The standard InChI is InChI=1S/C8H9N3OS/c1-2-11-6(12)5-13-8-7(11)9-3-4-10-8/h3-4H,2,5H2,1H3. The predicted molar refractivity (Wildman–Crippen MR) is 50.8 cm³/mol. The molecule has 4 nitrogen and oxygen atoms in total. The Hall–Kier alpha value is -1.10. The third-order valence-corrected chi connectivity index (χ3v) is 2.80. The van der Waals surface area contributed by atoms with Crippen molar-refractivity contribution >= 4 is 23.5 Å². The number of carbonyl (C=O) groups excluding carboxylic acids is 1. The normalized spacial score (nSPS) is 15.8. The Labute approximate surface area is 80.4 Å². The number of aromatic nitrogens is 2. The van der Waals surface area contributed by atoms with Gasteiger partial charge in [0, 0.05) is 18.9 Å². The van der Waals surface area contributed by atoms with E-state index < -0.39 is 0 Å². The van der Waals surface area contributed by atoms with Crippen molar-refractivity contribution in [1.82, 2.24) is 9.97 Å². The van der Waals surface area contributed by atoms with Gasteiger partial charge in [0.15, 0.2) is 5.82 Å². The van der Waals surface area contributed by atoms with Crippen LogP contribution < -0.4 is 4.90 Å². The first-order chi connectivity index (χ1) is 6.33. The first-order valence-corrected chi connectivity index (χ1v) is 5.05. The van der Waals surface area contributed by atoms with E-state index in [1.165, 1.54) is 11.8 Å². The number of fused-ring (bicyclic) bond motifs is 1. The van der Waals surface area contributed by atoms with Crippen molar-refractivity contribution in [2.75, 3.05) is 17.2 Å². The molecule has 2 heterocycles. The van der Waals surface area contributed by atoms with Gasteiger partial charge in [-0.1, -0.05) is 11.8 Å². The van der Waals surface area contributed by atoms with E-state index in [1.807, 2.05) is 6.92 Å². The molecule has 0 saturated carbocycles. The van der Waals surface area contributed by atoms with Crippen LogP contribution in [0.4, 0.5) is 5.82 Å². The van der Waals surface area contributed by atoms with Gasteiger partial charge >= 0.3 is 0 Å². The molecule has 0 fully saturated rings. The van der Waals surface area contributed by atoms with Crippen LogP contribution in [0.1, 0.15) is 6.92 Å². The lowest BCUT2D eigenvalue weighted by Gasteiger charge is -2.25. The van der Waals surface area contributed by atoms with Gasteiger partial charge < -0.3 is 0 Å². The molecule has 1 aromatic heterocycles. The van der Waals surface area contributed by atoms with Crippen LogP contribution in [-0.2, 0) is 4.79 Å². The second kappa shape index (κ2) is 3.33. The zero-order chi connectivity index (χ0) is 9.26. The number of nitrogens with zero attached hydrogens (tertiary/aromatic N) is 3. The lowest BCUT2D eigenvalue weighted by atomic mass is 10.4. The second-order valence-electron chi connectivity index (χ2n) is 2.61. The maximum atomic E-state index is 11.4. The lowest BCUT2D eigenvalue weighted by Crippen LogP contribution is -2.36. The van der Waals surface area contributed by atoms with E-state index in [9.17, 15) is 4.79 Å². The molecule has 0 unspecified atom stereocenters. The van der Waals surface area contributed by atoms with Crippen LogP contribution >= 0.6 is 11.8 Å². The lowest BCUT2D eigenvalue weighted by molar-refractivity contribution is -0.116. The van der Waals surface area contributed by atoms with E-state index in [0.717, 1.165) is 5.03 Å². The third-order valence-electron chi connectivity index (χ3n) is 1.85. The van der Waals surface area contributed by atoms with Crippen molar-refractivity contribution in [1.29, 1.82) is 0 Å². The van der Waals surface area contributed by atoms with Crippen molar-refractivity contribution in [3.63, 3.8) is 0 Å². The van der Waals surface area contributed by atoms with Gasteiger partial charge in [-0.3, -0.25) is 9.69 Å². The molecule has 0 aliphatic carbocycles. The van der Waals surface area contributed by atoms with E-state index in [2.05, 4.69) is 9.97 Å². The number of hydrogen-bond donors (Lipinski definition) is 0. The molecule has 1 amide bonds. The van der Waals surface area contributed by atoms with E-state index in [0.29, 0.717) is 18.1 Å². The Bertz CT molecular complexity index is 342. The molecule has 0 atom stereocenters. The van der Waals surface area contributed by atoms with Crippen LogP contribution in [0.3, 0.4) is 0 Å². The topological polar surface area (TPSA) is 46.1 Å². The highest BCUT2D eigenvalue weighted by atomic mass is 32.2. The third kappa shape index (κ3) is 1.39. The minimum Gasteiger partial charge on any atom is -0.294 e. The minimum atomic E-state index is 0.112. The Morgan fingerprint density at radius 1 is 1.54 bits per heavy atom. The molecule has 5 heteroatoms. The summed E-state index contributed by atoms with van der Waals surface area (Å²) < 4.78 is 0. The zero-order valence-electron chi connectivity index (χ0n) is 7.23. The number of hydrogen-bond acceptors (Lipinski definition) is 4. The van der Waals surface area contributed by atoms with Crippen LogP contribution in [0.2, 0.25) is 0 Å². The van der Waals surface area contributed by atoms with Crippen molar-refractivity contribution in [2.45, 2.75) is 11.9 Å². The van der Waals surface area contributed by atoms with Gasteiger partial charge in [-0.2, -0.15) is 0 Å². The molecule has 1 aromatic rings. The average molecular weight is 195 g/mol. The SMILES string of the molecule is CCN1C(=O)CSc2nccnc21. The molecule has 68 valence electrons. The number of rotatable bonds is 1. The summed E-state index contributed by atoms with van der Waals surface area (Å²) in [7, 11) is 0. The number of anilines is 1. The smallest absolute Gasteiger partial charge is 0.238 e. The van der Waals surface area contributed by atoms with Crippen LogP contribution in [-0.4, -0.2) is 28.2 Å². The molecule has 13 heavy (non-hydrogen) atoms. The Kier molecular flexibility index (Phi) is 2.18.